The lowest BCUT2D eigenvalue weighted by atomic mass is 10.3. The average Bonchev–Trinajstić information content (AvgIpc) is 3.34. The molecule has 0 spiro atoms. The van der Waals surface area contributed by atoms with E-state index in [2.05, 4.69) is 29.1 Å². The third-order valence-electron chi connectivity index (χ3n) is 3.36. The molecule has 6 heteroatoms. The minimum Gasteiger partial charge on any atom is -0.370 e. The van der Waals surface area contributed by atoms with Crippen molar-refractivity contribution in [1.82, 2.24) is 19.9 Å². The van der Waals surface area contributed by atoms with Crippen LogP contribution < -0.4 is 5.32 Å². The predicted molar refractivity (Wildman–Crippen MR) is 83.7 cm³/mol. The van der Waals surface area contributed by atoms with Crippen molar-refractivity contribution < 1.29 is 0 Å². The third-order valence-corrected chi connectivity index (χ3v) is 4.40. The van der Waals surface area contributed by atoms with Crippen LogP contribution in [0, 0.1) is 6.92 Å². The number of hydrogen-bond donors (Lipinski definition) is 1. The van der Waals surface area contributed by atoms with Gasteiger partial charge in [0.1, 0.15) is 28.0 Å². The summed E-state index contributed by atoms with van der Waals surface area (Å²) in [4.78, 5) is 17.7. The fourth-order valence-corrected chi connectivity index (χ4v) is 2.81. The normalized spacial score (nSPS) is 14.2. The van der Waals surface area contributed by atoms with Crippen LogP contribution in [0.1, 0.15) is 43.5 Å². The van der Waals surface area contributed by atoms with E-state index in [-0.39, 0.29) is 0 Å². The molecule has 2 aromatic rings. The van der Waals surface area contributed by atoms with Crippen molar-refractivity contribution in [1.29, 1.82) is 0 Å². The highest BCUT2D eigenvalue weighted by molar-refractivity contribution is 7.99. The van der Waals surface area contributed by atoms with Crippen molar-refractivity contribution in [2.24, 2.45) is 0 Å². The molecule has 2 aromatic heterocycles. The molecule has 110 valence electrons. The van der Waals surface area contributed by atoms with Crippen molar-refractivity contribution in [3.8, 4) is 0 Å². The van der Waals surface area contributed by atoms with Crippen molar-refractivity contribution in [2.75, 3.05) is 11.9 Å². The molecule has 0 aromatic carbocycles. The lowest BCUT2D eigenvalue weighted by Crippen LogP contribution is -2.08. The summed E-state index contributed by atoms with van der Waals surface area (Å²) in [5, 5.41) is 5.32. The molecule has 0 bridgehead atoms. The van der Waals surface area contributed by atoms with Gasteiger partial charge >= 0.3 is 0 Å². The Morgan fingerprint density at radius 3 is 2.86 bits per heavy atom. The highest BCUT2D eigenvalue weighted by atomic mass is 32.2. The lowest BCUT2D eigenvalue weighted by Gasteiger charge is -2.13. The maximum atomic E-state index is 4.75. The summed E-state index contributed by atoms with van der Waals surface area (Å²) in [5.41, 5.74) is 1.09. The Kier molecular flexibility index (Phi) is 4.34. The molecule has 1 fully saturated rings. The maximum Gasteiger partial charge on any atom is 0.135 e. The molecule has 2 heterocycles. The molecule has 0 atom stereocenters. The summed E-state index contributed by atoms with van der Waals surface area (Å²) >= 11 is 1.58. The monoisotopic (exact) mass is 301 g/mol. The first-order valence-electron chi connectivity index (χ1n) is 7.34. The molecule has 1 saturated carbocycles. The van der Waals surface area contributed by atoms with Gasteiger partial charge in [0.2, 0.25) is 0 Å². The number of nitrogens with one attached hydrogen (secondary N) is 1. The Balaban J connectivity index is 1.91. The van der Waals surface area contributed by atoms with E-state index in [4.69, 9.17) is 9.97 Å². The second-order valence-corrected chi connectivity index (χ2v) is 6.22. The first-order chi connectivity index (χ1) is 10.3. The molecule has 0 radical (unpaired) electrons. The molecule has 1 aliphatic rings. The molecule has 0 aliphatic heterocycles. The number of rotatable bonds is 6. The van der Waals surface area contributed by atoms with Gasteiger partial charge in [-0.15, -0.1) is 0 Å². The van der Waals surface area contributed by atoms with Gasteiger partial charge in [0, 0.05) is 24.2 Å². The van der Waals surface area contributed by atoms with Crippen molar-refractivity contribution >= 4 is 17.6 Å². The quantitative estimate of drug-likeness (QED) is 0.825. The van der Waals surface area contributed by atoms with E-state index < -0.39 is 0 Å². The van der Waals surface area contributed by atoms with E-state index >= 15 is 0 Å². The molecule has 0 saturated heterocycles. The summed E-state index contributed by atoms with van der Waals surface area (Å²) in [6.45, 7) is 5.15. The van der Waals surface area contributed by atoms with Crippen molar-refractivity contribution in [3.63, 3.8) is 0 Å². The lowest BCUT2D eigenvalue weighted by molar-refractivity contribution is 0.852. The van der Waals surface area contributed by atoms with E-state index in [0.29, 0.717) is 5.92 Å². The highest BCUT2D eigenvalue weighted by Gasteiger charge is 2.28. The second-order valence-electron chi connectivity index (χ2n) is 5.21. The van der Waals surface area contributed by atoms with Gasteiger partial charge in [-0.1, -0.05) is 6.92 Å². The summed E-state index contributed by atoms with van der Waals surface area (Å²) in [6, 6.07) is 1.90. The van der Waals surface area contributed by atoms with Crippen LogP contribution in [-0.2, 0) is 0 Å². The van der Waals surface area contributed by atoms with Gasteiger partial charge in [-0.3, -0.25) is 0 Å². The van der Waals surface area contributed by atoms with Crippen LogP contribution >= 0.6 is 11.8 Å². The Morgan fingerprint density at radius 1 is 1.33 bits per heavy atom. The Bertz CT molecular complexity index is 613. The minimum absolute atomic E-state index is 0.539. The van der Waals surface area contributed by atoms with E-state index in [1.807, 2.05) is 6.07 Å². The number of hydrogen-bond acceptors (Lipinski definition) is 6. The molecular weight excluding hydrogens is 282 g/mol. The molecule has 21 heavy (non-hydrogen) atoms. The van der Waals surface area contributed by atoms with Crippen LogP contribution in [0.25, 0.3) is 0 Å². The molecular formula is C15H19N5S. The summed E-state index contributed by atoms with van der Waals surface area (Å²) in [5.74, 6) is 2.47. The van der Waals surface area contributed by atoms with E-state index in [9.17, 15) is 0 Å². The van der Waals surface area contributed by atoms with Crippen molar-refractivity contribution in [3.05, 3.63) is 30.0 Å². The van der Waals surface area contributed by atoms with Crippen LogP contribution in [0.15, 0.2) is 28.6 Å². The standard InChI is InChI=1S/C15H19N5S/c1-3-7-17-13-10(2)15(20-14(19-13)11-4-5-11)21-12-6-8-16-9-18-12/h6,8-9,11H,3-5,7H2,1-2H3,(H,17,19,20). The van der Waals surface area contributed by atoms with Crippen LogP contribution in [0.5, 0.6) is 0 Å². The number of aromatic nitrogens is 4. The van der Waals surface area contributed by atoms with Gasteiger partial charge in [0.05, 0.1) is 0 Å². The zero-order chi connectivity index (χ0) is 14.7. The predicted octanol–water partition coefficient (Wildman–Crippen LogP) is 3.43. The topological polar surface area (TPSA) is 63.6 Å². The number of nitrogens with zero attached hydrogens (tertiary/aromatic N) is 4. The smallest absolute Gasteiger partial charge is 0.135 e. The highest BCUT2D eigenvalue weighted by Crippen LogP contribution is 2.40. The van der Waals surface area contributed by atoms with Gasteiger partial charge in [-0.2, -0.15) is 0 Å². The molecule has 0 unspecified atom stereocenters. The van der Waals surface area contributed by atoms with Gasteiger partial charge in [0.15, 0.2) is 0 Å². The first-order valence-corrected chi connectivity index (χ1v) is 8.16. The van der Waals surface area contributed by atoms with Crippen LogP contribution in [-0.4, -0.2) is 26.5 Å². The summed E-state index contributed by atoms with van der Waals surface area (Å²) in [7, 11) is 0. The van der Waals surface area contributed by atoms with Crippen molar-refractivity contribution in [2.45, 2.75) is 49.1 Å². The Hall–Kier alpha value is -1.69. The van der Waals surface area contributed by atoms with Gasteiger partial charge in [0.25, 0.3) is 0 Å². The summed E-state index contributed by atoms with van der Waals surface area (Å²) in [6.07, 6.45) is 6.80. The SMILES string of the molecule is CCCNc1nc(C2CC2)nc(Sc2ccncn2)c1C. The minimum atomic E-state index is 0.539. The average molecular weight is 301 g/mol. The molecule has 1 aliphatic carbocycles. The fourth-order valence-electron chi connectivity index (χ4n) is 1.99. The van der Waals surface area contributed by atoms with Gasteiger partial charge in [-0.05, 0) is 44.0 Å². The Morgan fingerprint density at radius 2 is 2.19 bits per heavy atom. The van der Waals surface area contributed by atoms with Crippen LogP contribution in [0.4, 0.5) is 5.82 Å². The molecule has 3 rings (SSSR count). The largest absolute Gasteiger partial charge is 0.370 e. The summed E-state index contributed by atoms with van der Waals surface area (Å²) < 4.78 is 0. The number of anilines is 1. The van der Waals surface area contributed by atoms with Gasteiger partial charge < -0.3 is 5.32 Å². The van der Waals surface area contributed by atoms with Crippen LogP contribution in [0.2, 0.25) is 0 Å². The molecule has 0 amide bonds. The van der Waals surface area contributed by atoms with E-state index in [0.717, 1.165) is 40.2 Å². The second kappa shape index (κ2) is 6.39. The molecule has 1 N–H and O–H groups in total. The Labute approximate surface area is 129 Å². The first kappa shape index (κ1) is 14.3. The molecule has 5 nitrogen and oxygen atoms in total. The zero-order valence-corrected chi connectivity index (χ0v) is 13.2. The van der Waals surface area contributed by atoms with Gasteiger partial charge in [-0.25, -0.2) is 19.9 Å². The maximum absolute atomic E-state index is 4.75. The van der Waals surface area contributed by atoms with Crippen LogP contribution in [0.3, 0.4) is 0 Å². The zero-order valence-electron chi connectivity index (χ0n) is 12.3. The van der Waals surface area contributed by atoms with E-state index in [1.54, 1.807) is 24.3 Å². The van der Waals surface area contributed by atoms with E-state index in [1.165, 1.54) is 12.8 Å². The third kappa shape index (κ3) is 3.50. The fraction of sp³-hybridized carbons (Fsp3) is 0.467.